The summed E-state index contributed by atoms with van der Waals surface area (Å²) in [6.45, 7) is 0. The number of benzene rings is 6. The van der Waals surface area contributed by atoms with Crippen LogP contribution in [-0.4, -0.2) is 19.9 Å². The molecule has 4 heterocycles. The van der Waals surface area contributed by atoms with Crippen LogP contribution in [0.25, 0.3) is 98.8 Å². The lowest BCUT2D eigenvalue weighted by atomic mass is 10.0. The topological polar surface area (TPSA) is 77.8 Å². The first kappa shape index (κ1) is 26.1. The minimum atomic E-state index is 0.591. The molecular weight excluding hydrogens is 601 g/mol. The van der Waals surface area contributed by atoms with Gasteiger partial charge >= 0.3 is 0 Å². The van der Waals surface area contributed by atoms with Crippen molar-refractivity contribution in [3.05, 3.63) is 133 Å². The maximum absolute atomic E-state index is 6.28. The van der Waals surface area contributed by atoms with Gasteiger partial charge in [0, 0.05) is 53.2 Å². The fraction of sp³-hybridized carbons (Fsp3) is 0. The van der Waals surface area contributed by atoms with Gasteiger partial charge in [-0.15, -0.1) is 11.3 Å². The number of hydrogen-bond acceptors (Lipinski definition) is 7. The molecule has 4 aromatic heterocycles. The third kappa shape index (κ3) is 4.17. The van der Waals surface area contributed by atoms with Crippen LogP contribution in [0.3, 0.4) is 0 Å². The molecule has 6 aromatic carbocycles. The van der Waals surface area contributed by atoms with E-state index in [9.17, 15) is 0 Å². The second kappa shape index (κ2) is 10.2. The Bertz CT molecular complexity index is 2780. The summed E-state index contributed by atoms with van der Waals surface area (Å²) in [6, 6.07) is 44.7. The molecule has 0 aliphatic carbocycles. The minimum Gasteiger partial charge on any atom is -0.456 e. The fourth-order valence-electron chi connectivity index (χ4n) is 6.43. The van der Waals surface area contributed by atoms with Crippen molar-refractivity contribution in [1.29, 1.82) is 0 Å². The molecule has 0 radical (unpaired) electrons. The number of rotatable bonds is 4. The van der Waals surface area contributed by atoms with E-state index in [4.69, 9.17) is 28.8 Å². The number of para-hydroxylation sites is 3. The Kier molecular flexibility index (Phi) is 5.64. The van der Waals surface area contributed by atoms with Crippen molar-refractivity contribution in [2.45, 2.75) is 0 Å². The van der Waals surface area contributed by atoms with E-state index in [1.54, 1.807) is 11.3 Å². The molecule has 220 valence electrons. The van der Waals surface area contributed by atoms with Crippen LogP contribution in [0.2, 0.25) is 0 Å². The summed E-state index contributed by atoms with van der Waals surface area (Å²) in [5.41, 5.74) is 6.94. The van der Waals surface area contributed by atoms with Gasteiger partial charge in [-0.3, -0.25) is 0 Å². The molecule has 0 saturated carbocycles. The molecule has 0 saturated heterocycles. The monoisotopic (exact) mass is 622 g/mol. The maximum Gasteiger partial charge on any atom is 0.227 e. The van der Waals surface area contributed by atoms with Crippen LogP contribution >= 0.6 is 11.3 Å². The third-order valence-electron chi connectivity index (χ3n) is 8.59. The van der Waals surface area contributed by atoms with Crippen molar-refractivity contribution < 1.29 is 8.83 Å². The standard InChI is InChI=1S/C40H22N4O2S/c1-2-10-23(11-3-1)37-42-38(24-20-21-31-28(22-24)25-12-4-6-16-30(25)45-31)44-39(43-37)26-13-8-18-33-35(26)36-27(14-9-19-34(36)47-33)40-41-29-15-5-7-17-32(29)46-40/h1-22H. The zero-order valence-electron chi connectivity index (χ0n) is 24.7. The molecule has 0 fully saturated rings. The van der Waals surface area contributed by atoms with E-state index in [0.29, 0.717) is 23.4 Å². The fourth-order valence-corrected chi connectivity index (χ4v) is 7.58. The van der Waals surface area contributed by atoms with E-state index in [0.717, 1.165) is 75.5 Å². The summed E-state index contributed by atoms with van der Waals surface area (Å²) in [5.74, 6) is 2.40. The van der Waals surface area contributed by atoms with Crippen LogP contribution in [0.15, 0.2) is 142 Å². The Morgan fingerprint density at radius 3 is 1.91 bits per heavy atom. The Morgan fingerprint density at radius 2 is 1.09 bits per heavy atom. The van der Waals surface area contributed by atoms with E-state index in [-0.39, 0.29) is 0 Å². The van der Waals surface area contributed by atoms with Gasteiger partial charge in [0.2, 0.25) is 5.89 Å². The van der Waals surface area contributed by atoms with Gasteiger partial charge in [0.05, 0.1) is 0 Å². The van der Waals surface area contributed by atoms with Gasteiger partial charge < -0.3 is 8.83 Å². The molecule has 6 nitrogen and oxygen atoms in total. The largest absolute Gasteiger partial charge is 0.456 e. The van der Waals surface area contributed by atoms with Gasteiger partial charge in [0.1, 0.15) is 16.7 Å². The summed E-state index contributed by atoms with van der Waals surface area (Å²) >= 11 is 1.74. The molecule has 10 rings (SSSR count). The zero-order valence-corrected chi connectivity index (χ0v) is 25.5. The molecule has 0 bridgehead atoms. The van der Waals surface area contributed by atoms with Crippen LogP contribution in [0.4, 0.5) is 0 Å². The molecule has 47 heavy (non-hydrogen) atoms. The first-order chi connectivity index (χ1) is 23.3. The number of oxazole rings is 1. The third-order valence-corrected chi connectivity index (χ3v) is 9.71. The lowest BCUT2D eigenvalue weighted by Gasteiger charge is -2.10. The Balaban J connectivity index is 1.23. The van der Waals surface area contributed by atoms with Crippen molar-refractivity contribution in [2.24, 2.45) is 0 Å². The number of fused-ring (bicyclic) bond motifs is 7. The highest BCUT2D eigenvalue weighted by molar-refractivity contribution is 7.26. The van der Waals surface area contributed by atoms with Crippen LogP contribution in [-0.2, 0) is 0 Å². The minimum absolute atomic E-state index is 0.591. The van der Waals surface area contributed by atoms with Crippen LogP contribution in [0.1, 0.15) is 0 Å². The molecule has 0 spiro atoms. The highest BCUT2D eigenvalue weighted by Crippen LogP contribution is 2.44. The number of hydrogen-bond donors (Lipinski definition) is 0. The Labute approximate surface area is 271 Å². The molecular formula is C40H22N4O2S. The molecule has 0 aliphatic heterocycles. The summed E-state index contributed by atoms with van der Waals surface area (Å²) in [7, 11) is 0. The van der Waals surface area contributed by atoms with Crippen molar-refractivity contribution in [3.8, 4) is 45.6 Å². The van der Waals surface area contributed by atoms with Crippen molar-refractivity contribution in [3.63, 3.8) is 0 Å². The Hall–Kier alpha value is -6.18. The van der Waals surface area contributed by atoms with E-state index in [2.05, 4.69) is 48.5 Å². The molecule has 0 N–H and O–H groups in total. The SMILES string of the molecule is c1ccc(-c2nc(-c3ccc4oc5ccccc5c4c3)nc(-c3cccc4sc5cccc(-c6nc7ccccc7o6)c5c34)n2)cc1. The van der Waals surface area contributed by atoms with E-state index in [1.807, 2.05) is 84.9 Å². The number of thiophene rings is 1. The number of nitrogens with zero attached hydrogens (tertiary/aromatic N) is 4. The maximum atomic E-state index is 6.28. The number of furan rings is 1. The van der Waals surface area contributed by atoms with E-state index >= 15 is 0 Å². The van der Waals surface area contributed by atoms with Crippen LogP contribution < -0.4 is 0 Å². The number of aromatic nitrogens is 4. The summed E-state index contributed by atoms with van der Waals surface area (Å²) in [5, 5.41) is 4.22. The molecule has 0 aliphatic rings. The van der Waals surface area contributed by atoms with Crippen LogP contribution in [0.5, 0.6) is 0 Å². The van der Waals surface area contributed by atoms with Gasteiger partial charge in [-0.05, 0) is 54.6 Å². The summed E-state index contributed by atoms with van der Waals surface area (Å²) in [6.07, 6.45) is 0. The average Bonchev–Trinajstić information content (AvgIpc) is 3.84. The van der Waals surface area contributed by atoms with Crippen molar-refractivity contribution >= 4 is 64.5 Å². The molecule has 7 heteroatoms. The quantitative estimate of drug-likeness (QED) is 0.194. The van der Waals surface area contributed by atoms with E-state index < -0.39 is 0 Å². The predicted molar refractivity (Wildman–Crippen MR) is 189 cm³/mol. The van der Waals surface area contributed by atoms with Gasteiger partial charge in [0.15, 0.2) is 23.1 Å². The second-order valence-electron chi connectivity index (χ2n) is 11.4. The normalized spacial score (nSPS) is 11.8. The predicted octanol–water partition coefficient (Wildman–Crippen LogP) is 10.9. The van der Waals surface area contributed by atoms with Crippen molar-refractivity contribution in [1.82, 2.24) is 19.9 Å². The van der Waals surface area contributed by atoms with Gasteiger partial charge in [0.25, 0.3) is 0 Å². The summed E-state index contributed by atoms with van der Waals surface area (Å²) < 4.78 is 14.7. The van der Waals surface area contributed by atoms with Gasteiger partial charge in [-0.2, -0.15) is 0 Å². The van der Waals surface area contributed by atoms with Gasteiger partial charge in [-0.25, -0.2) is 19.9 Å². The summed E-state index contributed by atoms with van der Waals surface area (Å²) in [4.78, 5) is 20.1. The lowest BCUT2D eigenvalue weighted by Crippen LogP contribution is -2.00. The highest BCUT2D eigenvalue weighted by atomic mass is 32.1. The van der Waals surface area contributed by atoms with E-state index in [1.165, 1.54) is 0 Å². The second-order valence-corrected chi connectivity index (χ2v) is 12.5. The first-order valence-electron chi connectivity index (χ1n) is 15.3. The van der Waals surface area contributed by atoms with Crippen LogP contribution in [0, 0.1) is 0 Å². The highest BCUT2D eigenvalue weighted by Gasteiger charge is 2.21. The first-order valence-corrected chi connectivity index (χ1v) is 16.1. The molecule has 0 amide bonds. The smallest absolute Gasteiger partial charge is 0.227 e. The Morgan fingerprint density at radius 1 is 0.426 bits per heavy atom. The van der Waals surface area contributed by atoms with Crippen molar-refractivity contribution in [2.75, 3.05) is 0 Å². The molecule has 10 aromatic rings. The zero-order chi connectivity index (χ0) is 30.9. The molecule has 0 unspecified atom stereocenters. The van der Waals surface area contributed by atoms with Gasteiger partial charge in [-0.1, -0.05) is 78.9 Å². The molecule has 0 atom stereocenters. The average molecular weight is 623 g/mol. The lowest BCUT2D eigenvalue weighted by molar-refractivity contribution is 0.620.